The highest BCUT2D eigenvalue weighted by molar-refractivity contribution is 5.19. The average molecular weight is 184 g/mol. The van der Waals surface area contributed by atoms with Gasteiger partial charge in [-0.15, -0.1) is 0 Å². The normalized spacial score (nSPS) is 8.92. The first-order valence-corrected chi connectivity index (χ1v) is 4.31. The van der Waals surface area contributed by atoms with Gasteiger partial charge in [0.25, 0.3) is 0 Å². The fourth-order valence-corrected chi connectivity index (χ4v) is 0.418. The molecule has 76 valence electrons. The Morgan fingerprint density at radius 1 is 1.23 bits per heavy atom. The van der Waals surface area contributed by atoms with Gasteiger partial charge in [0.15, 0.2) is 6.79 Å². The molecular weight excluding hydrogens is 164 g/mol. The topological polar surface area (TPSA) is 18.5 Å². The molecule has 0 amide bonds. The largest absolute Gasteiger partial charge is 0.468 e. The summed E-state index contributed by atoms with van der Waals surface area (Å²) in [5, 5.41) is 0. The Labute approximate surface area is 81.6 Å². The van der Waals surface area contributed by atoms with Gasteiger partial charge in [0, 0.05) is 7.11 Å². The molecule has 0 aliphatic carbocycles. The van der Waals surface area contributed by atoms with Crippen molar-refractivity contribution in [3.63, 3.8) is 0 Å². The summed E-state index contributed by atoms with van der Waals surface area (Å²) >= 11 is 0. The quantitative estimate of drug-likeness (QED) is 0.371. The van der Waals surface area contributed by atoms with Gasteiger partial charge in [-0.1, -0.05) is 38.7 Å². The van der Waals surface area contributed by atoms with Gasteiger partial charge in [0.1, 0.15) is 5.76 Å². The van der Waals surface area contributed by atoms with Gasteiger partial charge in [0.05, 0.1) is 0 Å². The zero-order valence-electron chi connectivity index (χ0n) is 9.09. The van der Waals surface area contributed by atoms with Crippen LogP contribution in [0.25, 0.3) is 0 Å². The molecule has 0 saturated carbocycles. The maximum atomic E-state index is 5.00. The van der Waals surface area contributed by atoms with Gasteiger partial charge < -0.3 is 9.47 Å². The standard InChI is InChI=1S/C9H14O2.C2H6/c1-8(2)5-6-9(3)11-7-10-4;1-2/h5-6H,1,3,7H2,2,4H3;1-2H3/b6-5-;. The van der Waals surface area contributed by atoms with E-state index in [-0.39, 0.29) is 6.79 Å². The maximum absolute atomic E-state index is 5.00. The van der Waals surface area contributed by atoms with Crippen molar-refractivity contribution in [3.05, 3.63) is 36.6 Å². The Morgan fingerprint density at radius 3 is 2.15 bits per heavy atom. The maximum Gasteiger partial charge on any atom is 0.188 e. The van der Waals surface area contributed by atoms with E-state index in [2.05, 4.69) is 17.9 Å². The van der Waals surface area contributed by atoms with E-state index in [1.807, 2.05) is 26.8 Å². The fourth-order valence-electron chi connectivity index (χ4n) is 0.418. The Bertz CT molecular complexity index is 169. The first-order valence-electron chi connectivity index (χ1n) is 4.31. The van der Waals surface area contributed by atoms with Crippen LogP contribution in [0.3, 0.4) is 0 Å². The van der Waals surface area contributed by atoms with Crippen molar-refractivity contribution >= 4 is 0 Å². The third-order valence-electron chi connectivity index (χ3n) is 0.916. The molecule has 0 N–H and O–H groups in total. The van der Waals surface area contributed by atoms with E-state index in [9.17, 15) is 0 Å². The Hall–Kier alpha value is -1.02. The first kappa shape index (κ1) is 14.5. The lowest BCUT2D eigenvalue weighted by molar-refractivity contribution is 0.0106. The summed E-state index contributed by atoms with van der Waals surface area (Å²) in [6.45, 7) is 13.5. The van der Waals surface area contributed by atoms with E-state index in [4.69, 9.17) is 4.74 Å². The third kappa shape index (κ3) is 13.9. The summed E-state index contributed by atoms with van der Waals surface area (Å²) in [4.78, 5) is 0. The van der Waals surface area contributed by atoms with Gasteiger partial charge in [-0.3, -0.25) is 0 Å². The predicted octanol–water partition coefficient (Wildman–Crippen LogP) is 3.28. The highest BCUT2D eigenvalue weighted by Gasteiger charge is 1.85. The lowest BCUT2D eigenvalue weighted by Crippen LogP contribution is -1.93. The Morgan fingerprint density at radius 2 is 1.77 bits per heavy atom. The van der Waals surface area contributed by atoms with E-state index >= 15 is 0 Å². The number of rotatable bonds is 5. The highest BCUT2D eigenvalue weighted by atomic mass is 16.7. The number of methoxy groups -OCH3 is 1. The van der Waals surface area contributed by atoms with Gasteiger partial charge in [-0.05, 0) is 13.0 Å². The molecule has 0 aromatic heterocycles. The average Bonchev–Trinajstić information content (AvgIpc) is 2.14. The molecule has 0 aromatic rings. The number of hydrogen-bond acceptors (Lipinski definition) is 2. The molecule has 0 unspecified atom stereocenters. The van der Waals surface area contributed by atoms with E-state index in [1.165, 1.54) is 0 Å². The lowest BCUT2D eigenvalue weighted by atomic mass is 10.3. The van der Waals surface area contributed by atoms with Crippen molar-refractivity contribution < 1.29 is 9.47 Å². The van der Waals surface area contributed by atoms with Crippen molar-refractivity contribution in [1.82, 2.24) is 0 Å². The van der Waals surface area contributed by atoms with E-state index in [0.29, 0.717) is 5.76 Å². The second-order valence-corrected chi connectivity index (χ2v) is 2.20. The summed E-state index contributed by atoms with van der Waals surface area (Å²) in [6.07, 6.45) is 3.58. The minimum Gasteiger partial charge on any atom is -0.468 e. The molecule has 0 bridgehead atoms. The molecule has 0 aliphatic heterocycles. The van der Waals surface area contributed by atoms with Gasteiger partial charge in [-0.2, -0.15) is 0 Å². The molecule has 13 heavy (non-hydrogen) atoms. The van der Waals surface area contributed by atoms with Crippen molar-refractivity contribution in [2.24, 2.45) is 0 Å². The molecule has 0 spiro atoms. The van der Waals surface area contributed by atoms with E-state index in [1.54, 1.807) is 13.2 Å². The number of hydrogen-bond donors (Lipinski definition) is 0. The summed E-state index contributed by atoms with van der Waals surface area (Å²) in [6, 6.07) is 0. The molecule has 0 aromatic carbocycles. The van der Waals surface area contributed by atoms with Crippen LogP contribution in [0.15, 0.2) is 36.6 Å². The summed E-state index contributed by atoms with van der Waals surface area (Å²) < 4.78 is 9.68. The molecule has 0 radical (unpaired) electrons. The summed E-state index contributed by atoms with van der Waals surface area (Å²) in [5.41, 5.74) is 0.965. The Kier molecular flexibility index (Phi) is 12.2. The molecule has 2 nitrogen and oxygen atoms in total. The second-order valence-electron chi connectivity index (χ2n) is 2.20. The fraction of sp³-hybridized carbons (Fsp3) is 0.455. The van der Waals surface area contributed by atoms with Crippen LogP contribution in [0.2, 0.25) is 0 Å². The first-order chi connectivity index (χ1) is 6.16. The number of ether oxygens (including phenoxy) is 2. The predicted molar refractivity (Wildman–Crippen MR) is 57.4 cm³/mol. The minimum atomic E-state index is 0.235. The van der Waals surface area contributed by atoms with Crippen LogP contribution in [-0.2, 0) is 9.47 Å². The van der Waals surface area contributed by atoms with Crippen molar-refractivity contribution in [2.45, 2.75) is 20.8 Å². The highest BCUT2D eigenvalue weighted by Crippen LogP contribution is 1.98. The lowest BCUT2D eigenvalue weighted by Gasteiger charge is -2.02. The molecule has 0 aliphatic rings. The minimum absolute atomic E-state index is 0.235. The summed E-state index contributed by atoms with van der Waals surface area (Å²) in [5.74, 6) is 0.579. The van der Waals surface area contributed by atoms with Crippen molar-refractivity contribution in [3.8, 4) is 0 Å². The van der Waals surface area contributed by atoms with Crippen molar-refractivity contribution in [1.29, 1.82) is 0 Å². The molecule has 0 rings (SSSR count). The molecule has 0 heterocycles. The molecule has 0 fully saturated rings. The second kappa shape index (κ2) is 11.0. The van der Waals surface area contributed by atoms with Crippen LogP contribution in [0.5, 0.6) is 0 Å². The number of allylic oxidation sites excluding steroid dienone is 3. The summed E-state index contributed by atoms with van der Waals surface area (Å²) in [7, 11) is 1.57. The van der Waals surface area contributed by atoms with Crippen LogP contribution in [-0.4, -0.2) is 13.9 Å². The molecule has 2 heteroatoms. The SMILES string of the molecule is C=C(C)/C=C\C(=C)OCOC.CC. The van der Waals surface area contributed by atoms with Gasteiger partial charge in [-0.25, -0.2) is 0 Å². The molecular formula is C11H20O2. The van der Waals surface area contributed by atoms with Crippen LogP contribution >= 0.6 is 0 Å². The van der Waals surface area contributed by atoms with Crippen LogP contribution in [0.1, 0.15) is 20.8 Å². The van der Waals surface area contributed by atoms with Crippen LogP contribution in [0.4, 0.5) is 0 Å². The van der Waals surface area contributed by atoms with Crippen LogP contribution < -0.4 is 0 Å². The zero-order valence-corrected chi connectivity index (χ0v) is 9.09. The molecule has 0 atom stereocenters. The van der Waals surface area contributed by atoms with E-state index < -0.39 is 0 Å². The monoisotopic (exact) mass is 184 g/mol. The van der Waals surface area contributed by atoms with Gasteiger partial charge >= 0.3 is 0 Å². The van der Waals surface area contributed by atoms with Crippen LogP contribution in [0, 0.1) is 0 Å². The Balaban J connectivity index is 0. The van der Waals surface area contributed by atoms with E-state index in [0.717, 1.165) is 5.57 Å². The smallest absolute Gasteiger partial charge is 0.188 e. The van der Waals surface area contributed by atoms with Crippen molar-refractivity contribution in [2.75, 3.05) is 13.9 Å². The third-order valence-corrected chi connectivity index (χ3v) is 0.916. The molecule has 0 saturated heterocycles. The zero-order chi connectivity index (χ0) is 10.7. The van der Waals surface area contributed by atoms with Gasteiger partial charge in [0.2, 0.25) is 0 Å².